The first-order valence-corrected chi connectivity index (χ1v) is 7.27. The molecular formula is C15H22N4O. The summed E-state index contributed by atoms with van der Waals surface area (Å²) in [5.74, 6) is 0. The standard InChI is InChI=1S/C15H22N4O/c1-18-13-6-7-14(18)10-19(9-8-13)15(20)17-12-4-2-11(16)3-5-12/h2-5,13-14H,6-10,16H2,1H3,(H,17,20). The van der Waals surface area contributed by atoms with Crippen LogP contribution in [0.1, 0.15) is 19.3 Å². The van der Waals surface area contributed by atoms with E-state index in [4.69, 9.17) is 5.73 Å². The number of nitrogens with two attached hydrogens (primary N) is 1. The molecule has 0 aromatic heterocycles. The minimum atomic E-state index is -0.00396. The number of benzene rings is 1. The van der Waals surface area contributed by atoms with Crippen LogP contribution in [0.25, 0.3) is 0 Å². The van der Waals surface area contributed by atoms with E-state index in [0.717, 1.165) is 25.2 Å². The van der Waals surface area contributed by atoms with Gasteiger partial charge in [-0.1, -0.05) is 0 Å². The molecule has 2 heterocycles. The third kappa shape index (κ3) is 2.58. The average molecular weight is 274 g/mol. The van der Waals surface area contributed by atoms with Gasteiger partial charge in [-0.2, -0.15) is 0 Å². The van der Waals surface area contributed by atoms with Gasteiger partial charge in [0.1, 0.15) is 0 Å². The Morgan fingerprint density at radius 1 is 1.20 bits per heavy atom. The molecule has 3 N–H and O–H groups in total. The molecule has 3 rings (SSSR count). The number of anilines is 2. The van der Waals surface area contributed by atoms with Gasteiger partial charge in [0.15, 0.2) is 0 Å². The number of nitrogen functional groups attached to an aromatic ring is 1. The first kappa shape index (κ1) is 13.2. The Morgan fingerprint density at radius 2 is 1.90 bits per heavy atom. The maximum atomic E-state index is 12.4. The van der Waals surface area contributed by atoms with Crippen molar-refractivity contribution in [1.82, 2.24) is 9.80 Å². The molecule has 2 atom stereocenters. The van der Waals surface area contributed by atoms with Gasteiger partial charge in [-0.3, -0.25) is 4.90 Å². The van der Waals surface area contributed by atoms with Crippen LogP contribution in [0.5, 0.6) is 0 Å². The van der Waals surface area contributed by atoms with Crippen LogP contribution in [0.15, 0.2) is 24.3 Å². The molecule has 1 aromatic rings. The van der Waals surface area contributed by atoms with Crippen molar-refractivity contribution in [3.63, 3.8) is 0 Å². The number of rotatable bonds is 1. The van der Waals surface area contributed by atoms with Crippen molar-refractivity contribution in [2.75, 3.05) is 31.2 Å². The van der Waals surface area contributed by atoms with Gasteiger partial charge in [0, 0.05) is 36.5 Å². The molecule has 0 aliphatic carbocycles. The first-order valence-electron chi connectivity index (χ1n) is 7.27. The molecule has 2 fully saturated rings. The van der Waals surface area contributed by atoms with E-state index in [1.54, 1.807) is 12.1 Å². The fraction of sp³-hybridized carbons (Fsp3) is 0.533. The van der Waals surface area contributed by atoms with Crippen molar-refractivity contribution in [2.45, 2.75) is 31.3 Å². The van der Waals surface area contributed by atoms with E-state index in [9.17, 15) is 4.79 Å². The lowest BCUT2D eigenvalue weighted by Gasteiger charge is -2.26. The third-order valence-electron chi connectivity index (χ3n) is 4.60. The summed E-state index contributed by atoms with van der Waals surface area (Å²) in [5, 5.41) is 2.95. The number of hydrogen-bond acceptors (Lipinski definition) is 3. The van der Waals surface area contributed by atoms with Crippen LogP contribution >= 0.6 is 0 Å². The number of likely N-dealkylation sites (tertiary alicyclic amines) is 1. The van der Waals surface area contributed by atoms with Crippen LogP contribution < -0.4 is 11.1 Å². The number of nitrogens with zero attached hydrogens (tertiary/aromatic N) is 2. The van der Waals surface area contributed by atoms with Crippen molar-refractivity contribution < 1.29 is 4.79 Å². The largest absolute Gasteiger partial charge is 0.399 e. The molecule has 2 amide bonds. The quantitative estimate of drug-likeness (QED) is 0.770. The molecule has 2 saturated heterocycles. The fourth-order valence-electron chi connectivity index (χ4n) is 3.26. The topological polar surface area (TPSA) is 61.6 Å². The molecule has 2 bridgehead atoms. The molecule has 0 saturated carbocycles. The van der Waals surface area contributed by atoms with E-state index < -0.39 is 0 Å². The summed E-state index contributed by atoms with van der Waals surface area (Å²) in [7, 11) is 2.18. The summed E-state index contributed by atoms with van der Waals surface area (Å²) >= 11 is 0. The van der Waals surface area contributed by atoms with Gasteiger partial charge < -0.3 is 16.0 Å². The van der Waals surface area contributed by atoms with Crippen molar-refractivity contribution in [3.05, 3.63) is 24.3 Å². The summed E-state index contributed by atoms with van der Waals surface area (Å²) in [4.78, 5) is 16.7. The van der Waals surface area contributed by atoms with Crippen LogP contribution in [0, 0.1) is 0 Å². The highest BCUT2D eigenvalue weighted by Crippen LogP contribution is 2.28. The number of fused-ring (bicyclic) bond motifs is 2. The SMILES string of the molecule is CN1C2CCC1CN(C(=O)Nc1ccc(N)cc1)CC2. The Labute approximate surface area is 119 Å². The average Bonchev–Trinajstić information content (AvgIpc) is 2.66. The van der Waals surface area contributed by atoms with Crippen LogP contribution in [0.3, 0.4) is 0 Å². The zero-order chi connectivity index (χ0) is 14.1. The monoisotopic (exact) mass is 274 g/mol. The molecule has 0 spiro atoms. The molecule has 0 radical (unpaired) electrons. The highest BCUT2D eigenvalue weighted by atomic mass is 16.2. The van der Waals surface area contributed by atoms with Crippen LogP contribution in [0.2, 0.25) is 0 Å². The van der Waals surface area contributed by atoms with Crippen LogP contribution in [-0.2, 0) is 0 Å². The van der Waals surface area contributed by atoms with Crippen LogP contribution in [-0.4, -0.2) is 48.1 Å². The van der Waals surface area contributed by atoms with Gasteiger partial charge in [0.05, 0.1) is 0 Å². The normalized spacial score (nSPS) is 26.4. The van der Waals surface area contributed by atoms with E-state index in [-0.39, 0.29) is 6.03 Å². The predicted molar refractivity (Wildman–Crippen MR) is 80.6 cm³/mol. The zero-order valence-electron chi connectivity index (χ0n) is 11.9. The fourth-order valence-corrected chi connectivity index (χ4v) is 3.26. The van der Waals surface area contributed by atoms with Gasteiger partial charge >= 0.3 is 6.03 Å². The second kappa shape index (κ2) is 5.32. The van der Waals surface area contributed by atoms with E-state index in [2.05, 4.69) is 17.3 Å². The molecular weight excluding hydrogens is 252 g/mol. The Balaban J connectivity index is 1.64. The third-order valence-corrected chi connectivity index (χ3v) is 4.60. The second-order valence-electron chi connectivity index (χ2n) is 5.84. The van der Waals surface area contributed by atoms with Crippen molar-refractivity contribution in [1.29, 1.82) is 0 Å². The number of likely N-dealkylation sites (N-methyl/N-ethyl adjacent to an activating group) is 1. The van der Waals surface area contributed by atoms with Gasteiger partial charge in [-0.05, 0) is 50.6 Å². The van der Waals surface area contributed by atoms with Gasteiger partial charge in [0.2, 0.25) is 0 Å². The molecule has 1 aromatic carbocycles. The number of nitrogens with one attached hydrogen (secondary N) is 1. The van der Waals surface area contributed by atoms with Crippen LogP contribution in [0.4, 0.5) is 16.2 Å². The Morgan fingerprint density at radius 3 is 2.65 bits per heavy atom. The lowest BCUT2D eigenvalue weighted by molar-refractivity contribution is 0.200. The van der Waals surface area contributed by atoms with Gasteiger partial charge in [-0.15, -0.1) is 0 Å². The highest BCUT2D eigenvalue weighted by Gasteiger charge is 2.35. The lowest BCUT2D eigenvalue weighted by atomic mass is 10.1. The summed E-state index contributed by atoms with van der Waals surface area (Å²) < 4.78 is 0. The van der Waals surface area contributed by atoms with Crippen molar-refractivity contribution >= 4 is 17.4 Å². The maximum absolute atomic E-state index is 12.4. The molecule has 2 aliphatic heterocycles. The van der Waals surface area contributed by atoms with E-state index in [0.29, 0.717) is 17.8 Å². The van der Waals surface area contributed by atoms with E-state index in [1.807, 2.05) is 17.0 Å². The number of hydrogen-bond donors (Lipinski definition) is 2. The van der Waals surface area contributed by atoms with Gasteiger partial charge in [-0.25, -0.2) is 4.79 Å². The van der Waals surface area contributed by atoms with E-state index in [1.165, 1.54) is 12.8 Å². The van der Waals surface area contributed by atoms with Crippen molar-refractivity contribution in [3.8, 4) is 0 Å². The minimum absolute atomic E-state index is 0.00396. The summed E-state index contributed by atoms with van der Waals surface area (Å²) in [5.41, 5.74) is 7.15. The Kier molecular flexibility index (Phi) is 3.53. The molecule has 5 nitrogen and oxygen atoms in total. The number of urea groups is 1. The second-order valence-corrected chi connectivity index (χ2v) is 5.84. The first-order chi connectivity index (χ1) is 9.63. The number of carbonyl (C=O) groups excluding carboxylic acids is 1. The molecule has 5 heteroatoms. The lowest BCUT2D eigenvalue weighted by Crippen LogP contribution is -2.41. The smallest absolute Gasteiger partial charge is 0.321 e. The molecule has 2 unspecified atom stereocenters. The van der Waals surface area contributed by atoms with Crippen molar-refractivity contribution in [2.24, 2.45) is 0 Å². The number of amides is 2. The van der Waals surface area contributed by atoms with Gasteiger partial charge in [0.25, 0.3) is 0 Å². The predicted octanol–water partition coefficient (Wildman–Crippen LogP) is 1.97. The van der Waals surface area contributed by atoms with E-state index >= 15 is 0 Å². The summed E-state index contributed by atoms with van der Waals surface area (Å²) in [6, 6.07) is 8.43. The molecule has 108 valence electrons. The summed E-state index contributed by atoms with van der Waals surface area (Å²) in [6.07, 6.45) is 3.55. The molecule has 20 heavy (non-hydrogen) atoms. The maximum Gasteiger partial charge on any atom is 0.321 e. The highest BCUT2D eigenvalue weighted by molar-refractivity contribution is 5.89. The molecule has 2 aliphatic rings. The number of carbonyl (C=O) groups is 1. The Hall–Kier alpha value is -1.75. The summed E-state index contributed by atoms with van der Waals surface area (Å²) in [6.45, 7) is 1.67. The zero-order valence-corrected chi connectivity index (χ0v) is 11.9. The minimum Gasteiger partial charge on any atom is -0.399 e. The Bertz CT molecular complexity index is 487.